The Labute approximate surface area is 112 Å². The third-order valence-electron chi connectivity index (χ3n) is 2.74. The molecule has 1 aromatic heterocycles. The number of aromatic nitrogens is 2. The molecule has 1 aromatic rings. The SMILES string of the molecule is CCCN(CC(C)(C)CN)c1nc[nH]c(=O)c1Cl. The summed E-state index contributed by atoms with van der Waals surface area (Å²) in [5.74, 6) is 0.531. The Morgan fingerprint density at radius 1 is 1.56 bits per heavy atom. The van der Waals surface area contributed by atoms with E-state index in [1.54, 1.807) is 0 Å². The molecule has 1 rings (SSSR count). The van der Waals surface area contributed by atoms with E-state index < -0.39 is 0 Å². The Hall–Kier alpha value is -1.07. The van der Waals surface area contributed by atoms with Gasteiger partial charge in [-0.1, -0.05) is 32.4 Å². The molecule has 0 radical (unpaired) electrons. The van der Waals surface area contributed by atoms with Gasteiger partial charge < -0.3 is 15.6 Å². The summed E-state index contributed by atoms with van der Waals surface area (Å²) < 4.78 is 0. The van der Waals surface area contributed by atoms with Crippen LogP contribution in [0.4, 0.5) is 5.82 Å². The predicted molar refractivity (Wildman–Crippen MR) is 75.2 cm³/mol. The summed E-state index contributed by atoms with van der Waals surface area (Å²) in [5.41, 5.74) is 5.38. The molecule has 0 saturated carbocycles. The van der Waals surface area contributed by atoms with E-state index in [0.717, 1.165) is 13.0 Å². The Bertz CT molecular complexity index is 444. The molecule has 6 heteroatoms. The second kappa shape index (κ2) is 6.20. The van der Waals surface area contributed by atoms with Crippen LogP contribution in [0, 0.1) is 5.41 Å². The Morgan fingerprint density at radius 2 is 2.22 bits per heavy atom. The molecule has 0 spiro atoms. The van der Waals surface area contributed by atoms with Crippen molar-refractivity contribution >= 4 is 17.4 Å². The second-order valence-corrected chi connectivity index (χ2v) is 5.54. The minimum atomic E-state index is -0.312. The third-order valence-corrected chi connectivity index (χ3v) is 3.08. The number of aromatic amines is 1. The molecule has 0 aliphatic carbocycles. The van der Waals surface area contributed by atoms with Gasteiger partial charge >= 0.3 is 0 Å². The maximum absolute atomic E-state index is 11.5. The van der Waals surface area contributed by atoms with Crippen molar-refractivity contribution in [3.63, 3.8) is 0 Å². The highest BCUT2D eigenvalue weighted by atomic mass is 35.5. The summed E-state index contributed by atoms with van der Waals surface area (Å²) in [6.45, 7) is 8.30. The van der Waals surface area contributed by atoms with Crippen molar-refractivity contribution in [2.45, 2.75) is 27.2 Å². The van der Waals surface area contributed by atoms with Crippen LogP contribution in [-0.2, 0) is 0 Å². The molecule has 0 fully saturated rings. The molecule has 0 saturated heterocycles. The van der Waals surface area contributed by atoms with Gasteiger partial charge in [0.15, 0.2) is 5.82 Å². The van der Waals surface area contributed by atoms with E-state index in [4.69, 9.17) is 17.3 Å². The van der Waals surface area contributed by atoms with Gasteiger partial charge in [0.25, 0.3) is 5.56 Å². The second-order valence-electron chi connectivity index (χ2n) is 5.16. The molecule has 0 unspecified atom stereocenters. The summed E-state index contributed by atoms with van der Waals surface area (Å²) in [4.78, 5) is 20.2. The maximum Gasteiger partial charge on any atom is 0.271 e. The highest BCUT2D eigenvalue weighted by Gasteiger charge is 2.23. The lowest BCUT2D eigenvalue weighted by molar-refractivity contribution is 0.376. The normalized spacial score (nSPS) is 11.6. The van der Waals surface area contributed by atoms with Gasteiger partial charge in [-0.05, 0) is 18.4 Å². The first-order chi connectivity index (χ1) is 8.41. The summed E-state index contributed by atoms with van der Waals surface area (Å²) in [7, 11) is 0. The standard InChI is InChI=1S/C12H21ClN4O/c1-4-5-17(7-12(2,3)6-14)10-9(13)11(18)16-8-15-10/h8H,4-7,14H2,1-3H3,(H,15,16,18). The fourth-order valence-corrected chi connectivity index (χ4v) is 1.93. The van der Waals surface area contributed by atoms with E-state index >= 15 is 0 Å². The Balaban J connectivity index is 3.05. The van der Waals surface area contributed by atoms with Crippen molar-refractivity contribution in [3.05, 3.63) is 21.7 Å². The number of nitrogens with one attached hydrogen (secondary N) is 1. The first-order valence-corrected chi connectivity index (χ1v) is 6.47. The molecule has 1 heterocycles. The van der Waals surface area contributed by atoms with Gasteiger partial charge in [-0.25, -0.2) is 4.98 Å². The smallest absolute Gasteiger partial charge is 0.271 e. The van der Waals surface area contributed by atoms with Gasteiger partial charge in [-0.3, -0.25) is 4.79 Å². The minimum Gasteiger partial charge on any atom is -0.355 e. The number of nitrogens with two attached hydrogens (primary N) is 1. The number of H-pyrrole nitrogens is 1. The lowest BCUT2D eigenvalue weighted by Gasteiger charge is -2.32. The average Bonchev–Trinajstić information content (AvgIpc) is 2.32. The molecule has 0 amide bonds. The monoisotopic (exact) mass is 272 g/mol. The molecular weight excluding hydrogens is 252 g/mol. The summed E-state index contributed by atoms with van der Waals surface area (Å²) >= 11 is 6.02. The molecular formula is C12H21ClN4O. The van der Waals surface area contributed by atoms with Crippen molar-refractivity contribution in [1.29, 1.82) is 0 Å². The van der Waals surface area contributed by atoms with Crippen LogP contribution >= 0.6 is 11.6 Å². The van der Waals surface area contributed by atoms with Gasteiger partial charge in [0, 0.05) is 13.1 Å². The van der Waals surface area contributed by atoms with Gasteiger partial charge in [0.2, 0.25) is 0 Å². The molecule has 3 N–H and O–H groups in total. The zero-order valence-corrected chi connectivity index (χ0v) is 11.9. The number of rotatable bonds is 6. The van der Waals surface area contributed by atoms with Crippen LogP contribution < -0.4 is 16.2 Å². The summed E-state index contributed by atoms with van der Waals surface area (Å²) in [5, 5.41) is 0.138. The van der Waals surface area contributed by atoms with Gasteiger partial charge in [0.1, 0.15) is 5.02 Å². The number of hydrogen-bond acceptors (Lipinski definition) is 4. The summed E-state index contributed by atoms with van der Waals surface area (Å²) in [6.07, 6.45) is 2.33. The van der Waals surface area contributed by atoms with E-state index in [1.807, 2.05) is 4.90 Å². The first kappa shape index (κ1) is 15.0. The van der Waals surface area contributed by atoms with E-state index in [2.05, 4.69) is 30.7 Å². The topological polar surface area (TPSA) is 75.0 Å². The van der Waals surface area contributed by atoms with Crippen molar-refractivity contribution in [2.75, 3.05) is 24.5 Å². The zero-order valence-electron chi connectivity index (χ0n) is 11.2. The van der Waals surface area contributed by atoms with Crippen LogP contribution in [0.25, 0.3) is 0 Å². The Morgan fingerprint density at radius 3 is 2.78 bits per heavy atom. The van der Waals surface area contributed by atoms with E-state index in [9.17, 15) is 4.79 Å². The molecule has 0 aliphatic heterocycles. The maximum atomic E-state index is 11.5. The largest absolute Gasteiger partial charge is 0.355 e. The Kier molecular flexibility index (Phi) is 5.16. The van der Waals surface area contributed by atoms with Crippen molar-refractivity contribution in [3.8, 4) is 0 Å². The highest BCUT2D eigenvalue weighted by molar-refractivity contribution is 6.32. The average molecular weight is 273 g/mol. The van der Waals surface area contributed by atoms with Crippen LogP contribution in [0.2, 0.25) is 5.02 Å². The van der Waals surface area contributed by atoms with Gasteiger partial charge in [-0.2, -0.15) is 0 Å². The van der Waals surface area contributed by atoms with Crippen molar-refractivity contribution in [2.24, 2.45) is 11.1 Å². The van der Waals surface area contributed by atoms with Crippen LogP contribution in [0.1, 0.15) is 27.2 Å². The lowest BCUT2D eigenvalue weighted by atomic mass is 9.93. The van der Waals surface area contributed by atoms with Crippen LogP contribution in [0.3, 0.4) is 0 Å². The molecule has 102 valence electrons. The predicted octanol–water partition coefficient (Wildman–Crippen LogP) is 1.62. The number of nitrogens with zero attached hydrogens (tertiary/aromatic N) is 2. The molecule has 0 aliphatic rings. The molecule has 0 bridgehead atoms. The molecule has 0 atom stereocenters. The van der Waals surface area contributed by atoms with Crippen LogP contribution in [0.5, 0.6) is 0 Å². The van der Waals surface area contributed by atoms with Crippen molar-refractivity contribution < 1.29 is 0 Å². The quantitative estimate of drug-likeness (QED) is 0.825. The van der Waals surface area contributed by atoms with Crippen LogP contribution in [-0.4, -0.2) is 29.6 Å². The summed E-state index contributed by atoms with van der Waals surface area (Å²) in [6, 6.07) is 0. The highest BCUT2D eigenvalue weighted by Crippen LogP contribution is 2.23. The van der Waals surface area contributed by atoms with E-state index in [1.165, 1.54) is 6.33 Å². The van der Waals surface area contributed by atoms with Gasteiger partial charge in [0.05, 0.1) is 6.33 Å². The molecule has 18 heavy (non-hydrogen) atoms. The number of anilines is 1. The first-order valence-electron chi connectivity index (χ1n) is 6.09. The lowest BCUT2D eigenvalue weighted by Crippen LogP contribution is -2.40. The molecule has 5 nitrogen and oxygen atoms in total. The minimum absolute atomic E-state index is 0.0528. The fraction of sp³-hybridized carbons (Fsp3) is 0.667. The van der Waals surface area contributed by atoms with E-state index in [0.29, 0.717) is 18.9 Å². The third kappa shape index (κ3) is 3.71. The van der Waals surface area contributed by atoms with E-state index in [-0.39, 0.29) is 16.0 Å². The fourth-order valence-electron chi connectivity index (χ4n) is 1.71. The van der Waals surface area contributed by atoms with Crippen molar-refractivity contribution in [1.82, 2.24) is 9.97 Å². The number of hydrogen-bond donors (Lipinski definition) is 2. The van der Waals surface area contributed by atoms with Gasteiger partial charge in [-0.15, -0.1) is 0 Å². The van der Waals surface area contributed by atoms with Crippen LogP contribution in [0.15, 0.2) is 11.1 Å². The molecule has 0 aromatic carbocycles. The number of halogens is 1. The zero-order chi connectivity index (χ0) is 13.8.